The molecule has 104 valence electrons. The summed E-state index contributed by atoms with van der Waals surface area (Å²) in [5.74, 6) is -0.754. The van der Waals surface area contributed by atoms with E-state index in [4.69, 9.17) is 22.4 Å². The summed E-state index contributed by atoms with van der Waals surface area (Å²) in [6.45, 7) is 1.81. The Bertz CT molecular complexity index is 844. The SMILES string of the molecule is Cc1ncn2c1c(N)nc1cc(Cl)c(C(=O)O)cc12.Cl. The van der Waals surface area contributed by atoms with Gasteiger partial charge in [-0.3, -0.25) is 4.40 Å². The molecule has 3 aromatic rings. The van der Waals surface area contributed by atoms with Crippen LogP contribution >= 0.6 is 24.0 Å². The predicted molar refractivity (Wildman–Crippen MR) is 78.9 cm³/mol. The number of anilines is 1. The molecule has 0 saturated heterocycles. The second-order valence-corrected chi connectivity index (χ2v) is 4.58. The minimum absolute atomic E-state index is 0. The van der Waals surface area contributed by atoms with E-state index in [9.17, 15) is 4.79 Å². The maximum atomic E-state index is 11.1. The lowest BCUT2D eigenvalue weighted by atomic mass is 10.2. The van der Waals surface area contributed by atoms with Gasteiger partial charge in [0.2, 0.25) is 0 Å². The molecule has 3 N–H and O–H groups in total. The van der Waals surface area contributed by atoms with Gasteiger partial charge in [0.15, 0.2) is 0 Å². The van der Waals surface area contributed by atoms with Crippen LogP contribution in [-0.4, -0.2) is 25.4 Å². The van der Waals surface area contributed by atoms with Crippen molar-refractivity contribution in [1.82, 2.24) is 14.4 Å². The van der Waals surface area contributed by atoms with E-state index in [-0.39, 0.29) is 23.0 Å². The molecule has 0 unspecified atom stereocenters. The van der Waals surface area contributed by atoms with Gasteiger partial charge in [-0.05, 0) is 19.1 Å². The van der Waals surface area contributed by atoms with Gasteiger partial charge in [0.05, 0.1) is 27.3 Å². The summed E-state index contributed by atoms with van der Waals surface area (Å²) in [6, 6.07) is 2.96. The molecule has 2 aromatic heterocycles. The number of nitrogen functional groups attached to an aromatic ring is 1. The molecule has 8 heteroatoms. The van der Waals surface area contributed by atoms with Crippen LogP contribution in [-0.2, 0) is 0 Å². The van der Waals surface area contributed by atoms with Gasteiger partial charge in [0.1, 0.15) is 17.7 Å². The van der Waals surface area contributed by atoms with Crippen LogP contribution in [0.15, 0.2) is 18.5 Å². The fraction of sp³-hybridized carbons (Fsp3) is 0.0833. The highest BCUT2D eigenvalue weighted by Crippen LogP contribution is 2.27. The zero-order chi connectivity index (χ0) is 13.7. The molecule has 0 saturated carbocycles. The van der Waals surface area contributed by atoms with Gasteiger partial charge in [-0.25, -0.2) is 14.8 Å². The third kappa shape index (κ3) is 1.93. The van der Waals surface area contributed by atoms with Crippen molar-refractivity contribution >= 4 is 52.3 Å². The second-order valence-electron chi connectivity index (χ2n) is 4.17. The number of carbonyl (C=O) groups is 1. The first-order valence-electron chi connectivity index (χ1n) is 5.44. The maximum absolute atomic E-state index is 11.1. The molecule has 0 bridgehead atoms. The number of fused-ring (bicyclic) bond motifs is 3. The number of aromatic nitrogens is 3. The van der Waals surface area contributed by atoms with E-state index in [0.29, 0.717) is 22.4 Å². The highest BCUT2D eigenvalue weighted by molar-refractivity contribution is 6.34. The largest absolute Gasteiger partial charge is 0.478 e. The summed E-state index contributed by atoms with van der Waals surface area (Å²) >= 11 is 5.92. The molecule has 0 spiro atoms. The number of halogens is 2. The lowest BCUT2D eigenvalue weighted by molar-refractivity contribution is 0.0697. The van der Waals surface area contributed by atoms with Crippen LogP contribution in [0.1, 0.15) is 16.1 Å². The van der Waals surface area contributed by atoms with Crippen LogP contribution in [0, 0.1) is 6.92 Å². The number of aryl methyl sites for hydroxylation is 1. The van der Waals surface area contributed by atoms with Crippen molar-refractivity contribution in [2.45, 2.75) is 6.92 Å². The standard InChI is InChI=1S/C12H9ClN4O2.ClH/c1-5-10-11(14)16-8-3-7(13)6(12(18)19)2-9(8)17(10)4-15-5;/h2-4H,1H3,(H2,14,16)(H,18,19);1H. The number of rotatable bonds is 1. The molecule has 2 heterocycles. The molecule has 0 aliphatic rings. The molecule has 20 heavy (non-hydrogen) atoms. The van der Waals surface area contributed by atoms with E-state index in [1.807, 2.05) is 6.92 Å². The van der Waals surface area contributed by atoms with Crippen LogP contribution in [0.2, 0.25) is 5.02 Å². The third-order valence-corrected chi connectivity index (χ3v) is 3.30. The third-order valence-electron chi connectivity index (χ3n) is 2.99. The number of hydrogen-bond donors (Lipinski definition) is 2. The Hall–Kier alpha value is -2.05. The van der Waals surface area contributed by atoms with Crippen molar-refractivity contribution in [1.29, 1.82) is 0 Å². The molecular formula is C12H10Cl2N4O2. The Balaban J connectivity index is 0.00000147. The van der Waals surface area contributed by atoms with Crippen LogP contribution in [0.3, 0.4) is 0 Å². The Labute approximate surface area is 124 Å². The molecule has 0 amide bonds. The van der Waals surface area contributed by atoms with Gasteiger partial charge >= 0.3 is 5.97 Å². The Morgan fingerprint density at radius 1 is 1.45 bits per heavy atom. The fourth-order valence-electron chi connectivity index (χ4n) is 2.11. The lowest BCUT2D eigenvalue weighted by Gasteiger charge is -2.07. The molecular weight excluding hydrogens is 303 g/mol. The summed E-state index contributed by atoms with van der Waals surface area (Å²) in [5.41, 5.74) is 8.44. The number of carboxylic acid groups (broad SMARTS) is 1. The first-order chi connectivity index (χ1) is 8.99. The highest BCUT2D eigenvalue weighted by Gasteiger charge is 2.15. The van der Waals surface area contributed by atoms with Gasteiger partial charge < -0.3 is 10.8 Å². The van der Waals surface area contributed by atoms with Crippen molar-refractivity contribution < 1.29 is 9.90 Å². The average molecular weight is 313 g/mol. The number of carboxylic acids is 1. The van der Waals surface area contributed by atoms with Crippen LogP contribution in [0.25, 0.3) is 16.6 Å². The summed E-state index contributed by atoms with van der Waals surface area (Å²) in [7, 11) is 0. The lowest BCUT2D eigenvalue weighted by Crippen LogP contribution is -2.02. The molecule has 0 radical (unpaired) electrons. The Morgan fingerprint density at radius 3 is 2.80 bits per heavy atom. The van der Waals surface area contributed by atoms with E-state index < -0.39 is 5.97 Å². The monoisotopic (exact) mass is 312 g/mol. The summed E-state index contributed by atoms with van der Waals surface area (Å²) < 4.78 is 1.72. The van der Waals surface area contributed by atoms with E-state index in [0.717, 1.165) is 5.69 Å². The van der Waals surface area contributed by atoms with Crippen molar-refractivity contribution in [2.24, 2.45) is 0 Å². The molecule has 0 aliphatic heterocycles. The molecule has 3 rings (SSSR count). The molecule has 0 atom stereocenters. The van der Waals surface area contributed by atoms with Crippen molar-refractivity contribution in [3.63, 3.8) is 0 Å². The molecule has 0 fully saturated rings. The molecule has 6 nitrogen and oxygen atoms in total. The first-order valence-corrected chi connectivity index (χ1v) is 5.82. The number of nitrogens with two attached hydrogens (primary N) is 1. The van der Waals surface area contributed by atoms with Crippen LogP contribution < -0.4 is 5.73 Å². The van der Waals surface area contributed by atoms with Crippen molar-refractivity contribution in [2.75, 3.05) is 5.73 Å². The number of hydrogen-bond acceptors (Lipinski definition) is 4. The number of imidazole rings is 1. The normalized spacial score (nSPS) is 10.7. The van der Waals surface area contributed by atoms with Gasteiger partial charge in [0, 0.05) is 0 Å². The minimum Gasteiger partial charge on any atom is -0.478 e. The van der Waals surface area contributed by atoms with Crippen molar-refractivity contribution in [3.05, 3.63) is 34.7 Å². The van der Waals surface area contributed by atoms with Crippen LogP contribution in [0.5, 0.6) is 0 Å². The van der Waals surface area contributed by atoms with E-state index in [1.54, 1.807) is 10.7 Å². The zero-order valence-electron chi connectivity index (χ0n) is 10.3. The highest BCUT2D eigenvalue weighted by atomic mass is 35.5. The van der Waals surface area contributed by atoms with Gasteiger partial charge in [0.25, 0.3) is 0 Å². The number of benzene rings is 1. The molecule has 1 aromatic carbocycles. The van der Waals surface area contributed by atoms with Crippen molar-refractivity contribution in [3.8, 4) is 0 Å². The number of nitrogens with zero attached hydrogens (tertiary/aromatic N) is 3. The fourth-order valence-corrected chi connectivity index (χ4v) is 2.35. The molecule has 0 aliphatic carbocycles. The van der Waals surface area contributed by atoms with Crippen LogP contribution in [0.4, 0.5) is 5.82 Å². The predicted octanol–water partition coefficient (Wildman–Crippen LogP) is 2.55. The summed E-state index contributed by atoms with van der Waals surface area (Å²) in [5, 5.41) is 9.23. The quantitative estimate of drug-likeness (QED) is 0.720. The smallest absolute Gasteiger partial charge is 0.337 e. The number of aromatic carboxylic acids is 1. The van der Waals surface area contributed by atoms with Gasteiger partial charge in [-0.15, -0.1) is 12.4 Å². The maximum Gasteiger partial charge on any atom is 0.337 e. The minimum atomic E-state index is -1.09. The van der Waals surface area contributed by atoms with Gasteiger partial charge in [-0.2, -0.15) is 0 Å². The summed E-state index contributed by atoms with van der Waals surface area (Å²) in [4.78, 5) is 19.5. The Kier molecular flexibility index (Phi) is 3.45. The Morgan fingerprint density at radius 2 is 2.15 bits per heavy atom. The van der Waals surface area contributed by atoms with E-state index >= 15 is 0 Å². The van der Waals surface area contributed by atoms with Gasteiger partial charge in [-0.1, -0.05) is 11.6 Å². The summed E-state index contributed by atoms with van der Waals surface area (Å²) in [6.07, 6.45) is 1.59. The topological polar surface area (TPSA) is 93.5 Å². The zero-order valence-corrected chi connectivity index (χ0v) is 11.9. The average Bonchev–Trinajstić information content (AvgIpc) is 2.71. The first kappa shape index (κ1) is 14.4. The second kappa shape index (κ2) is 4.81. The van der Waals surface area contributed by atoms with E-state index in [1.165, 1.54) is 12.1 Å². The van der Waals surface area contributed by atoms with E-state index in [2.05, 4.69) is 9.97 Å².